The number of hydrogen-bond donors (Lipinski definition) is 3. The summed E-state index contributed by atoms with van der Waals surface area (Å²) >= 11 is 0. The van der Waals surface area contributed by atoms with Crippen LogP contribution in [-0.2, 0) is 0 Å². The summed E-state index contributed by atoms with van der Waals surface area (Å²) in [7, 11) is 0. The van der Waals surface area contributed by atoms with Crippen molar-refractivity contribution >= 4 is 17.4 Å². The Bertz CT molecular complexity index is 1010. The predicted molar refractivity (Wildman–Crippen MR) is 109 cm³/mol. The molecule has 0 aliphatic carbocycles. The van der Waals surface area contributed by atoms with Crippen molar-refractivity contribution in [2.24, 2.45) is 0 Å². The number of amides is 1. The van der Waals surface area contributed by atoms with Crippen LogP contribution in [0.1, 0.15) is 16.8 Å². The summed E-state index contributed by atoms with van der Waals surface area (Å²) in [6.45, 7) is 0.525. The van der Waals surface area contributed by atoms with Crippen molar-refractivity contribution in [1.29, 1.82) is 0 Å². The van der Waals surface area contributed by atoms with Crippen molar-refractivity contribution in [3.8, 4) is 16.9 Å². The molecule has 0 aliphatic heterocycles. The molecule has 0 fully saturated rings. The highest BCUT2D eigenvalue weighted by molar-refractivity contribution is 6.05. The summed E-state index contributed by atoms with van der Waals surface area (Å²) in [4.78, 5) is 21.1. The number of alkyl halides is 3. The topological polar surface area (TPSA) is 96.4 Å². The third-order valence-corrected chi connectivity index (χ3v) is 4.10. The molecule has 1 amide bonds. The Kier molecular flexibility index (Phi) is 7.03. The monoisotopic (exact) mass is 432 g/mol. The molecule has 0 saturated carbocycles. The van der Waals surface area contributed by atoms with Crippen molar-refractivity contribution in [3.05, 3.63) is 66.6 Å². The van der Waals surface area contributed by atoms with Crippen molar-refractivity contribution in [2.75, 3.05) is 23.8 Å². The average Bonchev–Trinajstić information content (AvgIpc) is 2.75. The SMILES string of the molecule is O=C(Nc1ccc(OC(F)(F)F)cc1)c1cnc(NCCCO)c(-c2cccnc2)c1. The van der Waals surface area contributed by atoms with Crippen LogP contribution >= 0.6 is 0 Å². The third kappa shape index (κ3) is 6.41. The van der Waals surface area contributed by atoms with Crippen LogP contribution in [0.4, 0.5) is 24.7 Å². The molecule has 3 aromatic rings. The third-order valence-electron chi connectivity index (χ3n) is 4.10. The van der Waals surface area contributed by atoms with Gasteiger partial charge in [-0.05, 0) is 42.8 Å². The lowest BCUT2D eigenvalue weighted by atomic mass is 10.1. The Morgan fingerprint density at radius 1 is 1.13 bits per heavy atom. The molecular formula is C21H19F3N4O3. The molecular weight excluding hydrogens is 413 g/mol. The van der Waals surface area contributed by atoms with Gasteiger partial charge in [0, 0.05) is 48.6 Å². The fourth-order valence-corrected chi connectivity index (χ4v) is 2.70. The lowest BCUT2D eigenvalue weighted by molar-refractivity contribution is -0.274. The fraction of sp³-hybridized carbons (Fsp3) is 0.190. The maximum atomic E-state index is 12.7. The van der Waals surface area contributed by atoms with E-state index in [4.69, 9.17) is 5.11 Å². The van der Waals surface area contributed by atoms with Crippen molar-refractivity contribution < 1.29 is 27.8 Å². The molecule has 0 unspecified atom stereocenters. The van der Waals surface area contributed by atoms with E-state index in [1.54, 1.807) is 24.5 Å². The summed E-state index contributed by atoms with van der Waals surface area (Å²) in [6, 6.07) is 10.0. The summed E-state index contributed by atoms with van der Waals surface area (Å²) in [5.74, 6) is -0.333. The minimum absolute atomic E-state index is 0.0303. The van der Waals surface area contributed by atoms with Crippen LogP contribution in [0.2, 0.25) is 0 Å². The number of carbonyl (C=O) groups excluding carboxylic acids is 1. The smallest absolute Gasteiger partial charge is 0.406 e. The number of nitrogens with one attached hydrogen (secondary N) is 2. The molecule has 0 atom stereocenters. The van der Waals surface area contributed by atoms with Gasteiger partial charge in [0.2, 0.25) is 0 Å². The van der Waals surface area contributed by atoms with E-state index >= 15 is 0 Å². The van der Waals surface area contributed by atoms with Gasteiger partial charge < -0.3 is 20.5 Å². The van der Waals surface area contributed by atoms with E-state index in [1.165, 1.54) is 18.3 Å². The van der Waals surface area contributed by atoms with Gasteiger partial charge in [0.05, 0.1) is 5.56 Å². The van der Waals surface area contributed by atoms with Crippen LogP contribution < -0.4 is 15.4 Å². The highest BCUT2D eigenvalue weighted by atomic mass is 19.4. The maximum Gasteiger partial charge on any atom is 0.573 e. The normalized spacial score (nSPS) is 11.1. The minimum atomic E-state index is -4.79. The Balaban J connectivity index is 1.79. The van der Waals surface area contributed by atoms with Crippen LogP contribution in [-0.4, -0.2) is 40.5 Å². The molecule has 10 heteroatoms. The van der Waals surface area contributed by atoms with Gasteiger partial charge in [0.25, 0.3) is 5.91 Å². The molecule has 2 heterocycles. The second-order valence-corrected chi connectivity index (χ2v) is 6.39. The molecule has 2 aromatic heterocycles. The van der Waals surface area contributed by atoms with Gasteiger partial charge in [-0.3, -0.25) is 9.78 Å². The number of aliphatic hydroxyl groups is 1. The van der Waals surface area contributed by atoms with Crippen LogP contribution in [0.5, 0.6) is 5.75 Å². The number of aliphatic hydroxyl groups excluding tert-OH is 1. The number of pyridine rings is 2. The fourth-order valence-electron chi connectivity index (χ4n) is 2.70. The van der Waals surface area contributed by atoms with Gasteiger partial charge in [-0.15, -0.1) is 13.2 Å². The summed E-state index contributed by atoms with van der Waals surface area (Å²) in [5.41, 5.74) is 1.94. The molecule has 0 spiro atoms. The van der Waals surface area contributed by atoms with Crippen LogP contribution in [0, 0.1) is 0 Å². The van der Waals surface area contributed by atoms with Gasteiger partial charge in [-0.25, -0.2) is 4.98 Å². The van der Waals surface area contributed by atoms with E-state index in [0.717, 1.165) is 17.7 Å². The van der Waals surface area contributed by atoms with E-state index in [0.29, 0.717) is 30.0 Å². The van der Waals surface area contributed by atoms with Gasteiger partial charge in [-0.1, -0.05) is 6.07 Å². The lowest BCUT2D eigenvalue weighted by Gasteiger charge is -2.13. The van der Waals surface area contributed by atoms with E-state index < -0.39 is 12.3 Å². The largest absolute Gasteiger partial charge is 0.573 e. The second-order valence-electron chi connectivity index (χ2n) is 6.39. The van der Waals surface area contributed by atoms with E-state index in [1.807, 2.05) is 6.07 Å². The lowest BCUT2D eigenvalue weighted by Crippen LogP contribution is -2.17. The first-order valence-corrected chi connectivity index (χ1v) is 9.28. The van der Waals surface area contributed by atoms with Crippen LogP contribution in [0.15, 0.2) is 61.1 Å². The highest BCUT2D eigenvalue weighted by Crippen LogP contribution is 2.28. The van der Waals surface area contributed by atoms with Gasteiger partial charge >= 0.3 is 6.36 Å². The zero-order valence-corrected chi connectivity index (χ0v) is 16.2. The molecule has 0 aliphatic rings. The van der Waals surface area contributed by atoms with E-state index in [2.05, 4.69) is 25.3 Å². The number of hydrogen-bond acceptors (Lipinski definition) is 6. The van der Waals surface area contributed by atoms with Gasteiger partial charge in [-0.2, -0.15) is 0 Å². The first-order valence-electron chi connectivity index (χ1n) is 9.28. The van der Waals surface area contributed by atoms with Gasteiger partial charge in [0.15, 0.2) is 0 Å². The Morgan fingerprint density at radius 3 is 2.55 bits per heavy atom. The summed E-state index contributed by atoms with van der Waals surface area (Å²) < 4.78 is 40.6. The molecule has 7 nitrogen and oxygen atoms in total. The molecule has 162 valence electrons. The molecule has 1 aromatic carbocycles. The first-order chi connectivity index (χ1) is 14.9. The molecule has 3 rings (SSSR count). The second kappa shape index (κ2) is 9.90. The van der Waals surface area contributed by atoms with Crippen molar-refractivity contribution in [2.45, 2.75) is 12.8 Å². The van der Waals surface area contributed by atoms with Crippen molar-refractivity contribution in [3.63, 3.8) is 0 Å². The number of ether oxygens (including phenoxy) is 1. The number of nitrogens with zero attached hydrogens (tertiary/aromatic N) is 2. The molecule has 3 N–H and O–H groups in total. The highest BCUT2D eigenvalue weighted by Gasteiger charge is 2.31. The number of benzene rings is 1. The molecule has 0 radical (unpaired) electrons. The number of halogens is 3. The maximum absolute atomic E-state index is 12.7. The molecule has 0 bridgehead atoms. The number of aromatic nitrogens is 2. The molecule has 0 saturated heterocycles. The van der Waals surface area contributed by atoms with E-state index in [9.17, 15) is 18.0 Å². The first kappa shape index (κ1) is 22.0. The Morgan fingerprint density at radius 2 is 1.90 bits per heavy atom. The van der Waals surface area contributed by atoms with Gasteiger partial charge in [0.1, 0.15) is 11.6 Å². The van der Waals surface area contributed by atoms with Crippen LogP contribution in [0.25, 0.3) is 11.1 Å². The minimum Gasteiger partial charge on any atom is -0.406 e. The summed E-state index contributed by atoms with van der Waals surface area (Å²) in [6.07, 6.45) is 0.391. The predicted octanol–water partition coefficient (Wildman–Crippen LogP) is 4.09. The number of anilines is 2. The van der Waals surface area contributed by atoms with E-state index in [-0.39, 0.29) is 17.9 Å². The quantitative estimate of drug-likeness (QED) is 0.464. The number of rotatable bonds is 8. The summed E-state index contributed by atoms with van der Waals surface area (Å²) in [5, 5.41) is 14.7. The average molecular weight is 432 g/mol. The zero-order valence-electron chi connectivity index (χ0n) is 16.2. The Labute approximate surface area is 175 Å². The number of carbonyl (C=O) groups is 1. The molecule has 31 heavy (non-hydrogen) atoms. The standard InChI is InChI=1S/C21H19F3N4O3/c22-21(23,24)31-17-6-4-16(5-7-17)28-20(30)15-11-18(14-3-1-8-25-12-14)19(27-13-15)26-9-2-10-29/h1,3-8,11-13,29H,2,9-10H2,(H,26,27)(H,28,30). The van der Waals surface area contributed by atoms with Crippen molar-refractivity contribution in [1.82, 2.24) is 9.97 Å². The Hall–Kier alpha value is -3.66. The van der Waals surface area contributed by atoms with Crippen LogP contribution in [0.3, 0.4) is 0 Å². The zero-order chi connectivity index (χ0) is 22.3.